The van der Waals surface area contributed by atoms with Gasteiger partial charge in [0.25, 0.3) is 10.0 Å². The zero-order valence-corrected chi connectivity index (χ0v) is 21.7. The quantitative estimate of drug-likeness (QED) is 0.430. The van der Waals surface area contributed by atoms with Crippen LogP contribution in [0.5, 0.6) is 5.75 Å². The van der Waals surface area contributed by atoms with Crippen molar-refractivity contribution in [2.45, 2.75) is 37.4 Å². The van der Waals surface area contributed by atoms with Gasteiger partial charge in [0.2, 0.25) is 5.16 Å². The van der Waals surface area contributed by atoms with Gasteiger partial charge in [-0.25, -0.2) is 17.4 Å². The molecule has 202 valence electrons. The molecule has 1 aromatic carbocycles. The maximum Gasteiger partial charge on any atom is 0.422 e. The van der Waals surface area contributed by atoms with Crippen LogP contribution < -0.4 is 4.74 Å². The van der Waals surface area contributed by atoms with Gasteiger partial charge in [-0.3, -0.25) is 14.0 Å². The number of fused-ring (bicyclic) bond motifs is 1. The van der Waals surface area contributed by atoms with E-state index in [0.29, 0.717) is 5.57 Å². The van der Waals surface area contributed by atoms with E-state index in [-0.39, 0.29) is 50.3 Å². The van der Waals surface area contributed by atoms with Gasteiger partial charge in [-0.05, 0) is 50.1 Å². The van der Waals surface area contributed by atoms with E-state index in [1.54, 1.807) is 12.1 Å². The molecule has 1 aliphatic carbocycles. The number of carboxylic acids is 1. The van der Waals surface area contributed by atoms with Crippen LogP contribution in [0.15, 0.2) is 64.3 Å². The monoisotopic (exact) mass is 569 g/mol. The lowest BCUT2D eigenvalue weighted by Crippen LogP contribution is -2.23. The van der Waals surface area contributed by atoms with Crippen molar-refractivity contribution < 1.29 is 40.4 Å². The Balaban J connectivity index is 1.78. The first-order valence-electron chi connectivity index (χ1n) is 11.2. The number of para-hydroxylation sites is 2. The molecule has 4 rings (SSSR count). The number of nitrogens with zero attached hydrogens (tertiary/aromatic N) is 3. The lowest BCUT2D eigenvalue weighted by Gasteiger charge is -2.19. The second kappa shape index (κ2) is 10.3. The third-order valence-electron chi connectivity index (χ3n) is 5.87. The molecule has 2 unspecified atom stereocenters. The predicted molar refractivity (Wildman–Crippen MR) is 132 cm³/mol. The van der Waals surface area contributed by atoms with Crippen LogP contribution in [0.3, 0.4) is 0 Å². The number of pyridine rings is 1. The molecule has 3 aromatic rings. The average Bonchev–Trinajstić information content (AvgIpc) is 3.25. The highest BCUT2D eigenvalue weighted by Gasteiger charge is 2.33. The normalized spacial score (nSPS) is 17.1. The number of rotatable bonds is 8. The molecule has 14 heteroatoms. The van der Waals surface area contributed by atoms with Gasteiger partial charge in [0.15, 0.2) is 6.61 Å². The summed E-state index contributed by atoms with van der Waals surface area (Å²) in [6.07, 6.45) is -0.555. The summed E-state index contributed by atoms with van der Waals surface area (Å²) in [5, 5.41) is 9.10. The second-order valence-corrected chi connectivity index (χ2v) is 11.6. The summed E-state index contributed by atoms with van der Waals surface area (Å²) in [5.74, 6) is -2.70. The number of benzene rings is 1. The van der Waals surface area contributed by atoms with Gasteiger partial charge in [0.1, 0.15) is 5.75 Å². The first-order chi connectivity index (χ1) is 17.8. The Bertz CT molecular complexity index is 1610. The van der Waals surface area contributed by atoms with Crippen molar-refractivity contribution in [3.05, 3.63) is 70.4 Å². The molecule has 0 amide bonds. The zero-order chi connectivity index (χ0) is 27.8. The Kier molecular flexibility index (Phi) is 7.48. The van der Waals surface area contributed by atoms with E-state index in [1.807, 2.05) is 0 Å². The van der Waals surface area contributed by atoms with Crippen LogP contribution in [-0.2, 0) is 31.4 Å². The number of allylic oxidation sites excluding steroid dienone is 2. The third kappa shape index (κ3) is 5.50. The molecule has 0 radical (unpaired) electrons. The number of aromatic nitrogens is 3. The Morgan fingerprint density at radius 1 is 1.24 bits per heavy atom. The number of ether oxygens (including phenoxy) is 1. The van der Waals surface area contributed by atoms with E-state index in [9.17, 15) is 35.7 Å². The molecule has 2 aromatic heterocycles. The van der Waals surface area contributed by atoms with Crippen molar-refractivity contribution in [2.75, 3.05) is 6.61 Å². The van der Waals surface area contributed by atoms with Crippen LogP contribution >= 0.6 is 0 Å². The van der Waals surface area contributed by atoms with Gasteiger partial charge in [0, 0.05) is 11.8 Å². The van der Waals surface area contributed by atoms with Crippen LogP contribution in [0.25, 0.3) is 11.0 Å². The maximum absolute atomic E-state index is 13.9. The molecule has 0 spiro atoms. The number of imidazole rings is 1. The van der Waals surface area contributed by atoms with Crippen molar-refractivity contribution in [1.29, 1.82) is 0 Å². The third-order valence-corrected chi connectivity index (χ3v) is 9.06. The standard InChI is InChI=1S/C24H22F3N3O6S2/c1-14-7-8-16(22(31)32)11-21(14)38(34,35)30-19-6-4-3-5-17(19)29-23(30)37(33)12-18-15(2)20(9-10-28-18)36-13-24(25,26)27/h3-7,9-11,16H,8,12-13H2,1-2H3,(H,31,32). The maximum atomic E-state index is 13.9. The fourth-order valence-corrected chi connectivity index (χ4v) is 7.29. The fourth-order valence-electron chi connectivity index (χ4n) is 3.91. The van der Waals surface area contributed by atoms with Crippen molar-refractivity contribution in [1.82, 2.24) is 13.9 Å². The lowest BCUT2D eigenvalue weighted by molar-refractivity contribution is -0.153. The molecule has 0 aliphatic heterocycles. The van der Waals surface area contributed by atoms with Gasteiger partial charge in [-0.2, -0.15) is 13.2 Å². The highest BCUT2D eigenvalue weighted by Crippen LogP contribution is 2.33. The number of carbonyl (C=O) groups is 1. The van der Waals surface area contributed by atoms with Crippen molar-refractivity contribution >= 4 is 37.8 Å². The summed E-state index contributed by atoms with van der Waals surface area (Å²) in [5.41, 5.74) is 1.06. The van der Waals surface area contributed by atoms with Gasteiger partial charge >= 0.3 is 12.1 Å². The highest BCUT2D eigenvalue weighted by atomic mass is 32.2. The Labute approximate surface area is 218 Å². The van der Waals surface area contributed by atoms with Gasteiger partial charge in [0.05, 0.1) is 44.1 Å². The Morgan fingerprint density at radius 2 is 1.95 bits per heavy atom. The number of hydrogen-bond acceptors (Lipinski definition) is 7. The van der Waals surface area contributed by atoms with E-state index in [4.69, 9.17) is 4.74 Å². The number of aliphatic carboxylic acids is 1. The summed E-state index contributed by atoms with van der Waals surface area (Å²) >= 11 is 0. The fraction of sp³-hybridized carbons (Fsp3) is 0.292. The van der Waals surface area contributed by atoms with Crippen LogP contribution in [0.2, 0.25) is 0 Å². The van der Waals surface area contributed by atoms with E-state index in [1.165, 1.54) is 44.3 Å². The topological polar surface area (TPSA) is 128 Å². The molecule has 0 saturated carbocycles. The first kappa shape index (κ1) is 27.5. The lowest BCUT2D eigenvalue weighted by atomic mass is 9.97. The molecule has 0 saturated heterocycles. The second-order valence-electron chi connectivity index (χ2n) is 8.53. The molecule has 2 atom stereocenters. The van der Waals surface area contributed by atoms with E-state index < -0.39 is 45.5 Å². The molecule has 0 fully saturated rings. The number of hydrogen-bond donors (Lipinski definition) is 1. The first-order valence-corrected chi connectivity index (χ1v) is 13.9. The van der Waals surface area contributed by atoms with Crippen LogP contribution in [0, 0.1) is 12.8 Å². The minimum atomic E-state index is -4.56. The smallest absolute Gasteiger partial charge is 0.422 e. The summed E-state index contributed by atoms with van der Waals surface area (Å²) in [6, 6.07) is 7.46. The molecule has 9 nitrogen and oxygen atoms in total. The van der Waals surface area contributed by atoms with Crippen molar-refractivity contribution in [2.24, 2.45) is 5.92 Å². The van der Waals surface area contributed by atoms with Gasteiger partial charge in [-0.1, -0.05) is 18.2 Å². The molecule has 2 heterocycles. The zero-order valence-electron chi connectivity index (χ0n) is 20.1. The number of alkyl halides is 3. The molecular weight excluding hydrogens is 547 g/mol. The molecule has 1 aliphatic rings. The predicted octanol–water partition coefficient (Wildman–Crippen LogP) is 4.10. The van der Waals surface area contributed by atoms with E-state index in [0.717, 1.165) is 10.0 Å². The summed E-state index contributed by atoms with van der Waals surface area (Å²) in [7, 11) is -6.58. The molecule has 0 bridgehead atoms. The molecule has 38 heavy (non-hydrogen) atoms. The van der Waals surface area contributed by atoms with Crippen LogP contribution in [-0.4, -0.2) is 50.4 Å². The summed E-state index contributed by atoms with van der Waals surface area (Å²) < 4.78 is 84.8. The van der Waals surface area contributed by atoms with E-state index >= 15 is 0 Å². The van der Waals surface area contributed by atoms with Crippen LogP contribution in [0.4, 0.5) is 13.2 Å². The Morgan fingerprint density at radius 3 is 2.63 bits per heavy atom. The van der Waals surface area contributed by atoms with Crippen molar-refractivity contribution in [3.8, 4) is 5.75 Å². The minimum Gasteiger partial charge on any atom is -0.484 e. The molecule has 1 N–H and O–H groups in total. The summed E-state index contributed by atoms with van der Waals surface area (Å²) in [4.78, 5) is 19.7. The van der Waals surface area contributed by atoms with E-state index in [2.05, 4.69) is 9.97 Å². The van der Waals surface area contributed by atoms with Gasteiger partial charge < -0.3 is 9.84 Å². The summed E-state index contributed by atoms with van der Waals surface area (Å²) in [6.45, 7) is 1.47. The average molecular weight is 570 g/mol. The number of halogens is 3. The largest absolute Gasteiger partial charge is 0.484 e. The molecular formula is C24H22F3N3O6S2. The number of carboxylic acid groups (broad SMARTS) is 1. The SMILES string of the molecule is CC1=CCC(C(=O)O)C=C1S(=O)(=O)n1c(S(=O)Cc2nccc(OCC(F)(F)F)c2C)nc2ccccc21. The van der Waals surface area contributed by atoms with Crippen LogP contribution in [0.1, 0.15) is 24.6 Å². The Hall–Kier alpha value is -3.52. The highest BCUT2D eigenvalue weighted by molar-refractivity contribution is 7.95. The van der Waals surface area contributed by atoms with Gasteiger partial charge in [-0.15, -0.1) is 0 Å². The minimum absolute atomic E-state index is 0.0988. The van der Waals surface area contributed by atoms with Crippen molar-refractivity contribution in [3.63, 3.8) is 0 Å².